The van der Waals surface area contributed by atoms with E-state index in [0.717, 1.165) is 89.0 Å². The Hall–Kier alpha value is -8.75. The van der Waals surface area contributed by atoms with E-state index < -0.39 is 0 Å². The van der Waals surface area contributed by atoms with E-state index in [1.807, 2.05) is 60.9 Å². The summed E-state index contributed by atoms with van der Waals surface area (Å²) in [6, 6.07) is 68.1. The van der Waals surface area contributed by atoms with Crippen molar-refractivity contribution in [2.24, 2.45) is 0 Å². The summed E-state index contributed by atoms with van der Waals surface area (Å²) in [5, 5.41) is 2.12. The molecule has 312 valence electrons. The van der Waals surface area contributed by atoms with Crippen LogP contribution in [0, 0.1) is 0 Å². The SMILES string of the molecule is CC1(C)c2ccccc2N(c2c(-n3c4ccccc4c4ncccc43)cc(-c3nc(-c4ccccc4)nc(-c4ccccc4)n3)cc2-n2c3ccccc3c3ncccc32)c2ccccc21. The van der Waals surface area contributed by atoms with Gasteiger partial charge in [-0.3, -0.25) is 9.97 Å². The highest BCUT2D eigenvalue weighted by molar-refractivity contribution is 6.11. The first kappa shape index (κ1) is 37.8. The second kappa shape index (κ2) is 14.7. The maximum Gasteiger partial charge on any atom is 0.164 e. The Labute approximate surface area is 380 Å². The van der Waals surface area contributed by atoms with Crippen molar-refractivity contribution >= 4 is 60.9 Å². The zero-order valence-electron chi connectivity index (χ0n) is 36.2. The molecule has 0 spiro atoms. The lowest BCUT2D eigenvalue weighted by atomic mass is 9.73. The highest BCUT2D eigenvalue weighted by Gasteiger charge is 2.39. The van der Waals surface area contributed by atoms with Crippen LogP contribution >= 0.6 is 0 Å². The molecular formula is C58H40N8. The Morgan fingerprint density at radius 1 is 0.364 bits per heavy atom. The summed E-state index contributed by atoms with van der Waals surface area (Å²) in [6.45, 7) is 4.67. The van der Waals surface area contributed by atoms with Gasteiger partial charge in [-0.05, 0) is 71.8 Å². The first-order chi connectivity index (χ1) is 32.5. The van der Waals surface area contributed by atoms with Crippen LogP contribution in [0.25, 0.3) is 89.4 Å². The van der Waals surface area contributed by atoms with E-state index in [0.29, 0.717) is 17.5 Å². The number of fused-ring (bicyclic) bond motifs is 8. The number of nitrogens with zero attached hydrogens (tertiary/aromatic N) is 8. The van der Waals surface area contributed by atoms with Gasteiger partial charge in [0.05, 0.1) is 61.5 Å². The summed E-state index contributed by atoms with van der Waals surface area (Å²) in [5.41, 5.74) is 15.7. The fourth-order valence-corrected chi connectivity index (χ4v) is 10.2. The topological polar surface area (TPSA) is 77.5 Å². The van der Waals surface area contributed by atoms with Crippen molar-refractivity contribution in [3.05, 3.63) is 218 Å². The summed E-state index contributed by atoms with van der Waals surface area (Å²) in [5.74, 6) is 1.74. The minimum atomic E-state index is -0.288. The molecule has 0 unspecified atom stereocenters. The molecule has 8 heteroatoms. The Morgan fingerprint density at radius 2 is 0.758 bits per heavy atom. The molecule has 0 saturated heterocycles. The monoisotopic (exact) mass is 848 g/mol. The summed E-state index contributed by atoms with van der Waals surface area (Å²) in [4.78, 5) is 28.3. The van der Waals surface area contributed by atoms with Gasteiger partial charge in [0.1, 0.15) is 0 Å². The maximum absolute atomic E-state index is 5.35. The van der Waals surface area contributed by atoms with E-state index >= 15 is 0 Å². The quantitative estimate of drug-likeness (QED) is 0.166. The lowest BCUT2D eigenvalue weighted by molar-refractivity contribution is 0.632. The van der Waals surface area contributed by atoms with Gasteiger partial charge in [-0.25, -0.2) is 15.0 Å². The van der Waals surface area contributed by atoms with Crippen LogP contribution in [-0.4, -0.2) is 34.1 Å². The highest BCUT2D eigenvalue weighted by atomic mass is 15.2. The lowest BCUT2D eigenvalue weighted by Gasteiger charge is -2.43. The Morgan fingerprint density at radius 3 is 1.24 bits per heavy atom. The van der Waals surface area contributed by atoms with Crippen molar-refractivity contribution in [3.63, 3.8) is 0 Å². The van der Waals surface area contributed by atoms with Gasteiger partial charge in [0, 0.05) is 45.3 Å². The van der Waals surface area contributed by atoms with Crippen LogP contribution in [0.15, 0.2) is 207 Å². The molecule has 0 aliphatic carbocycles. The molecule has 0 radical (unpaired) electrons. The number of anilines is 3. The molecule has 12 aromatic rings. The van der Waals surface area contributed by atoms with Gasteiger partial charge in [-0.1, -0.05) is 147 Å². The molecule has 66 heavy (non-hydrogen) atoms. The van der Waals surface area contributed by atoms with Crippen LogP contribution in [-0.2, 0) is 5.41 Å². The second-order valence-electron chi connectivity index (χ2n) is 17.3. The highest BCUT2D eigenvalue weighted by Crippen LogP contribution is 2.55. The molecule has 8 nitrogen and oxygen atoms in total. The van der Waals surface area contributed by atoms with E-state index in [1.54, 1.807) is 0 Å². The van der Waals surface area contributed by atoms with Gasteiger partial charge in [-0.2, -0.15) is 0 Å². The molecule has 0 atom stereocenters. The Kier molecular flexibility index (Phi) is 8.39. The van der Waals surface area contributed by atoms with Gasteiger partial charge < -0.3 is 14.0 Å². The summed E-state index contributed by atoms with van der Waals surface area (Å²) >= 11 is 0. The number of benzene rings is 7. The third-order valence-electron chi connectivity index (χ3n) is 13.2. The predicted molar refractivity (Wildman–Crippen MR) is 267 cm³/mol. The normalized spacial score (nSPS) is 13.1. The zero-order chi connectivity index (χ0) is 43.9. The van der Waals surface area contributed by atoms with Crippen LogP contribution in [0.2, 0.25) is 0 Å². The van der Waals surface area contributed by atoms with Crippen LogP contribution in [0.4, 0.5) is 17.1 Å². The fourth-order valence-electron chi connectivity index (χ4n) is 10.2. The van der Waals surface area contributed by atoms with E-state index in [-0.39, 0.29) is 5.41 Å². The minimum Gasteiger partial charge on any atom is -0.306 e. The van der Waals surface area contributed by atoms with Gasteiger partial charge >= 0.3 is 0 Å². The smallest absolute Gasteiger partial charge is 0.164 e. The van der Waals surface area contributed by atoms with Crippen LogP contribution in [0.3, 0.4) is 0 Å². The average molecular weight is 849 g/mol. The van der Waals surface area contributed by atoms with Gasteiger partial charge in [0.25, 0.3) is 0 Å². The number of hydrogen-bond acceptors (Lipinski definition) is 6. The van der Waals surface area contributed by atoms with Gasteiger partial charge in [0.15, 0.2) is 17.5 Å². The van der Waals surface area contributed by atoms with Gasteiger partial charge in [0.2, 0.25) is 0 Å². The van der Waals surface area contributed by atoms with E-state index in [1.165, 1.54) is 11.1 Å². The Balaban J connectivity index is 1.25. The minimum absolute atomic E-state index is 0.288. The third kappa shape index (κ3) is 5.68. The first-order valence-electron chi connectivity index (χ1n) is 22.3. The number of para-hydroxylation sites is 4. The average Bonchev–Trinajstić information content (AvgIpc) is 3.90. The van der Waals surface area contributed by atoms with Crippen molar-refractivity contribution in [2.75, 3.05) is 4.90 Å². The second-order valence-corrected chi connectivity index (χ2v) is 17.3. The molecule has 0 bridgehead atoms. The number of aromatic nitrogens is 7. The standard InChI is InChI=1S/C58H40N8/c1-58(2)42-25-11-15-29-46(42)66(47-30-16-12-26-43(47)58)54-50(64-44-27-13-9-23-40(44)52-48(64)31-17-33-59-52)35-39(36-51(54)65-45-28-14-10-24-41(45)53-49(65)32-18-34-60-53)57-62-55(37-19-5-3-6-20-37)61-56(63-57)38-21-7-4-8-22-38/h3-36H,1-2H3. The van der Waals surface area contributed by atoms with Crippen molar-refractivity contribution in [3.8, 4) is 45.5 Å². The summed E-state index contributed by atoms with van der Waals surface area (Å²) in [7, 11) is 0. The van der Waals surface area contributed by atoms with Crippen molar-refractivity contribution < 1.29 is 0 Å². The molecule has 5 aromatic heterocycles. The van der Waals surface area contributed by atoms with Crippen molar-refractivity contribution in [2.45, 2.75) is 19.3 Å². The molecule has 1 aliphatic heterocycles. The molecule has 0 fully saturated rings. The molecule has 1 aliphatic rings. The maximum atomic E-state index is 5.35. The molecule has 6 heterocycles. The number of rotatable bonds is 6. The molecule has 0 saturated carbocycles. The van der Waals surface area contributed by atoms with E-state index in [9.17, 15) is 0 Å². The molecular weight excluding hydrogens is 809 g/mol. The van der Waals surface area contributed by atoms with E-state index in [4.69, 9.17) is 24.9 Å². The lowest BCUT2D eigenvalue weighted by Crippen LogP contribution is -2.31. The number of hydrogen-bond donors (Lipinski definition) is 0. The zero-order valence-corrected chi connectivity index (χ0v) is 36.2. The van der Waals surface area contributed by atoms with Gasteiger partial charge in [-0.15, -0.1) is 0 Å². The predicted octanol–water partition coefficient (Wildman–Crippen LogP) is 14.0. The van der Waals surface area contributed by atoms with Crippen LogP contribution < -0.4 is 4.90 Å². The summed E-state index contributed by atoms with van der Waals surface area (Å²) in [6.07, 6.45) is 3.76. The largest absolute Gasteiger partial charge is 0.306 e. The van der Waals surface area contributed by atoms with E-state index in [2.05, 4.69) is 173 Å². The summed E-state index contributed by atoms with van der Waals surface area (Å²) < 4.78 is 4.77. The Bertz CT molecular complexity index is 3520. The van der Waals surface area contributed by atoms with Crippen molar-refractivity contribution in [1.29, 1.82) is 0 Å². The van der Waals surface area contributed by atoms with Crippen molar-refractivity contribution in [1.82, 2.24) is 34.1 Å². The van der Waals surface area contributed by atoms with Crippen LogP contribution in [0.5, 0.6) is 0 Å². The van der Waals surface area contributed by atoms with Crippen LogP contribution in [0.1, 0.15) is 25.0 Å². The molecule has 13 rings (SSSR count). The molecule has 7 aromatic carbocycles. The third-order valence-corrected chi connectivity index (χ3v) is 13.2. The molecule has 0 N–H and O–H groups in total. The number of pyridine rings is 2. The first-order valence-corrected chi connectivity index (χ1v) is 22.3. The fraction of sp³-hybridized carbons (Fsp3) is 0.0517. The molecule has 0 amide bonds.